The second-order valence-electron chi connectivity index (χ2n) is 10.7. The first-order valence-corrected chi connectivity index (χ1v) is 13.9. The Bertz CT molecular complexity index is 1470. The fourth-order valence-corrected chi connectivity index (χ4v) is 5.91. The average Bonchev–Trinajstić information content (AvgIpc) is 3.33. The smallest absolute Gasteiger partial charge is 0.356 e. The standard InChI is InChI=1S/C30H31ClF3N5O2/c1-17-14-27(36-18(2)35-17)39-12-10-22(11-13-39)38(3)29(41)20-5-4-19-6-9-26(23(19)15-20)37-28(40)24-16-21(30(32,33)34)7-8-25(24)31/h4-5,7-8,14-16,22,26H,6,9-13H2,1-3H3,(H,37,40)/t26-/m1/s1. The van der Waals surface area contributed by atoms with Crippen molar-refractivity contribution in [1.29, 1.82) is 0 Å². The molecule has 0 saturated carbocycles. The average molecular weight is 586 g/mol. The van der Waals surface area contributed by atoms with E-state index in [2.05, 4.69) is 20.2 Å². The molecule has 1 aliphatic heterocycles. The molecule has 0 spiro atoms. The molecule has 2 amide bonds. The number of anilines is 1. The number of aromatic nitrogens is 2. The topological polar surface area (TPSA) is 78.4 Å². The van der Waals surface area contributed by atoms with E-state index in [1.54, 1.807) is 17.0 Å². The fourth-order valence-electron chi connectivity index (χ4n) is 5.71. The maximum absolute atomic E-state index is 13.5. The second kappa shape index (κ2) is 11.3. The molecule has 11 heteroatoms. The molecule has 2 aliphatic rings. The largest absolute Gasteiger partial charge is 0.416 e. The zero-order valence-electron chi connectivity index (χ0n) is 23.1. The lowest BCUT2D eigenvalue weighted by Gasteiger charge is -2.37. The normalized spacial score (nSPS) is 17.3. The van der Waals surface area contributed by atoms with Crippen LogP contribution in [0.15, 0.2) is 42.5 Å². The number of halogens is 4. The Hall–Kier alpha value is -3.66. The van der Waals surface area contributed by atoms with Gasteiger partial charge in [0, 0.05) is 43.5 Å². The lowest BCUT2D eigenvalue weighted by Crippen LogP contribution is -2.46. The zero-order chi connectivity index (χ0) is 29.5. The highest BCUT2D eigenvalue weighted by Crippen LogP contribution is 2.35. The molecule has 0 unspecified atom stereocenters. The van der Waals surface area contributed by atoms with E-state index in [1.807, 2.05) is 33.0 Å². The monoisotopic (exact) mass is 585 g/mol. The highest BCUT2D eigenvalue weighted by molar-refractivity contribution is 6.33. The van der Waals surface area contributed by atoms with E-state index in [0.29, 0.717) is 18.4 Å². The van der Waals surface area contributed by atoms with E-state index in [9.17, 15) is 22.8 Å². The summed E-state index contributed by atoms with van der Waals surface area (Å²) in [5, 5.41) is 2.77. The molecule has 1 N–H and O–H groups in total. The van der Waals surface area contributed by atoms with Crippen LogP contribution in [0.4, 0.5) is 19.0 Å². The summed E-state index contributed by atoms with van der Waals surface area (Å²) in [5.41, 5.74) is 2.04. The number of hydrogen-bond acceptors (Lipinski definition) is 5. The van der Waals surface area contributed by atoms with Gasteiger partial charge in [0.1, 0.15) is 11.6 Å². The summed E-state index contributed by atoms with van der Waals surface area (Å²) in [4.78, 5) is 39.4. The van der Waals surface area contributed by atoms with Crippen molar-refractivity contribution in [2.75, 3.05) is 25.0 Å². The summed E-state index contributed by atoms with van der Waals surface area (Å²) < 4.78 is 39.6. The van der Waals surface area contributed by atoms with Crippen LogP contribution in [0.1, 0.15) is 74.2 Å². The molecule has 1 fully saturated rings. The van der Waals surface area contributed by atoms with Gasteiger partial charge in [-0.1, -0.05) is 17.7 Å². The molecule has 7 nitrogen and oxygen atoms in total. The van der Waals surface area contributed by atoms with Gasteiger partial charge in [-0.2, -0.15) is 13.2 Å². The molecule has 2 heterocycles. The van der Waals surface area contributed by atoms with Gasteiger partial charge in [-0.25, -0.2) is 9.97 Å². The number of fused-ring (bicyclic) bond motifs is 1. The number of amides is 2. The molecular formula is C30H31ClF3N5O2. The number of carbonyl (C=O) groups excluding carboxylic acids is 2. The molecule has 3 aromatic rings. The first-order chi connectivity index (χ1) is 19.4. The van der Waals surface area contributed by atoms with Gasteiger partial charge in [-0.05, 0) is 81.0 Å². The number of nitrogens with zero attached hydrogens (tertiary/aromatic N) is 4. The number of hydrogen-bond donors (Lipinski definition) is 1. The van der Waals surface area contributed by atoms with Crippen LogP contribution in [0.25, 0.3) is 0 Å². The number of benzene rings is 2. The Labute approximate surface area is 241 Å². The SMILES string of the molecule is Cc1cc(N2CCC(N(C)C(=O)c3ccc4c(c3)[C@H](NC(=O)c3cc(C(F)(F)F)ccc3Cl)CC4)CC2)nc(C)n1. The Balaban J connectivity index is 1.26. The van der Waals surface area contributed by atoms with E-state index in [1.165, 1.54) is 0 Å². The highest BCUT2D eigenvalue weighted by atomic mass is 35.5. The summed E-state index contributed by atoms with van der Waals surface area (Å²) in [6, 6.07) is 9.77. The maximum atomic E-state index is 13.5. The Morgan fingerprint density at radius 2 is 1.76 bits per heavy atom. The first kappa shape index (κ1) is 28.9. The van der Waals surface area contributed by atoms with E-state index in [0.717, 1.165) is 72.6 Å². The summed E-state index contributed by atoms with van der Waals surface area (Å²) in [5.74, 6) is 0.838. The van der Waals surface area contributed by atoms with E-state index in [-0.39, 0.29) is 22.5 Å². The van der Waals surface area contributed by atoms with Crippen LogP contribution in [0.3, 0.4) is 0 Å². The van der Waals surface area contributed by atoms with Crippen LogP contribution in [0.5, 0.6) is 0 Å². The number of nitrogens with one attached hydrogen (secondary N) is 1. The van der Waals surface area contributed by atoms with Crippen molar-refractivity contribution in [2.45, 2.75) is 57.8 Å². The first-order valence-electron chi connectivity index (χ1n) is 13.6. The van der Waals surface area contributed by atoms with E-state index >= 15 is 0 Å². The lowest BCUT2D eigenvalue weighted by molar-refractivity contribution is -0.137. The van der Waals surface area contributed by atoms with Gasteiger partial charge in [0.05, 0.1) is 22.2 Å². The molecule has 0 radical (unpaired) electrons. The van der Waals surface area contributed by atoms with Crippen molar-refractivity contribution in [3.63, 3.8) is 0 Å². The van der Waals surface area contributed by atoms with Gasteiger partial charge in [-0.3, -0.25) is 9.59 Å². The maximum Gasteiger partial charge on any atom is 0.416 e. The fraction of sp³-hybridized carbons (Fsp3) is 0.400. The van der Waals surface area contributed by atoms with Gasteiger partial charge in [-0.15, -0.1) is 0 Å². The van der Waals surface area contributed by atoms with E-state index in [4.69, 9.17) is 11.6 Å². The van der Waals surface area contributed by atoms with Crippen LogP contribution in [0, 0.1) is 13.8 Å². The van der Waals surface area contributed by atoms with Gasteiger partial charge >= 0.3 is 6.18 Å². The van der Waals surface area contributed by atoms with Crippen LogP contribution in [0.2, 0.25) is 5.02 Å². The summed E-state index contributed by atoms with van der Waals surface area (Å²) >= 11 is 6.07. The Morgan fingerprint density at radius 1 is 1.02 bits per heavy atom. The highest BCUT2D eigenvalue weighted by Gasteiger charge is 2.33. The third-order valence-corrected chi connectivity index (χ3v) is 8.25. The molecule has 2 aromatic carbocycles. The third-order valence-electron chi connectivity index (χ3n) is 7.92. The lowest BCUT2D eigenvalue weighted by atomic mass is 10.00. The third kappa shape index (κ3) is 6.17. The molecule has 41 heavy (non-hydrogen) atoms. The molecule has 0 bridgehead atoms. The molecule has 1 saturated heterocycles. The van der Waals surface area contributed by atoms with Crippen molar-refractivity contribution in [2.24, 2.45) is 0 Å². The van der Waals surface area contributed by atoms with Gasteiger partial charge in [0.2, 0.25) is 0 Å². The van der Waals surface area contributed by atoms with Gasteiger partial charge < -0.3 is 15.1 Å². The predicted octanol–water partition coefficient (Wildman–Crippen LogP) is 5.92. The van der Waals surface area contributed by atoms with Crippen molar-refractivity contribution < 1.29 is 22.8 Å². The number of rotatable bonds is 5. The van der Waals surface area contributed by atoms with Crippen molar-refractivity contribution >= 4 is 29.2 Å². The minimum atomic E-state index is -4.59. The molecule has 216 valence electrons. The minimum Gasteiger partial charge on any atom is -0.356 e. The summed E-state index contributed by atoms with van der Waals surface area (Å²) in [6.45, 7) is 5.37. The molecule has 1 atom stereocenters. The minimum absolute atomic E-state index is 0.0599. The zero-order valence-corrected chi connectivity index (χ0v) is 23.8. The molecule has 1 aromatic heterocycles. The van der Waals surface area contributed by atoms with E-state index < -0.39 is 23.7 Å². The number of alkyl halides is 3. The van der Waals surface area contributed by atoms with Crippen molar-refractivity contribution in [3.8, 4) is 0 Å². The Morgan fingerprint density at radius 3 is 2.44 bits per heavy atom. The van der Waals surface area contributed by atoms with Crippen molar-refractivity contribution in [1.82, 2.24) is 20.2 Å². The molecule has 1 aliphatic carbocycles. The number of aryl methyl sites for hydroxylation is 3. The Kier molecular flexibility index (Phi) is 7.96. The second-order valence-corrected chi connectivity index (χ2v) is 11.1. The summed E-state index contributed by atoms with van der Waals surface area (Å²) in [7, 11) is 1.81. The van der Waals surface area contributed by atoms with Crippen molar-refractivity contribution in [3.05, 3.63) is 86.8 Å². The number of carbonyl (C=O) groups is 2. The predicted molar refractivity (Wildman–Crippen MR) is 150 cm³/mol. The van der Waals surface area contributed by atoms with Crippen LogP contribution < -0.4 is 10.2 Å². The quantitative estimate of drug-likeness (QED) is 0.402. The van der Waals surface area contributed by atoms with Gasteiger partial charge in [0.15, 0.2) is 0 Å². The molecular weight excluding hydrogens is 555 g/mol. The molecule has 5 rings (SSSR count). The summed E-state index contributed by atoms with van der Waals surface area (Å²) in [6.07, 6.45) is -1.74. The van der Waals surface area contributed by atoms with Crippen LogP contribution >= 0.6 is 11.6 Å². The number of piperidine rings is 1. The van der Waals surface area contributed by atoms with Crippen LogP contribution in [-0.4, -0.2) is 52.9 Å². The van der Waals surface area contributed by atoms with Gasteiger partial charge in [0.25, 0.3) is 11.8 Å². The van der Waals surface area contributed by atoms with Crippen LogP contribution in [-0.2, 0) is 12.6 Å².